The summed E-state index contributed by atoms with van der Waals surface area (Å²) in [7, 11) is 0. The SMILES string of the molecule is CC(C)OC(OC(C)C)(OC(C)C)OC(C)C. The summed E-state index contributed by atoms with van der Waals surface area (Å²) < 4.78 is 22.8. The molecule has 0 bridgehead atoms. The van der Waals surface area contributed by atoms with Crippen LogP contribution in [0, 0.1) is 0 Å². The third-order valence-electron chi connectivity index (χ3n) is 1.52. The van der Waals surface area contributed by atoms with E-state index >= 15 is 0 Å². The van der Waals surface area contributed by atoms with Crippen LogP contribution < -0.4 is 0 Å². The van der Waals surface area contributed by atoms with Crippen LogP contribution in [0.25, 0.3) is 0 Å². The van der Waals surface area contributed by atoms with Gasteiger partial charge in [-0.2, -0.15) is 0 Å². The van der Waals surface area contributed by atoms with Gasteiger partial charge >= 0.3 is 6.16 Å². The Morgan fingerprint density at radius 3 is 0.765 bits per heavy atom. The highest BCUT2D eigenvalue weighted by atomic mass is 17.0. The predicted octanol–water partition coefficient (Wildman–Crippen LogP) is 3.30. The third-order valence-corrected chi connectivity index (χ3v) is 1.52. The second kappa shape index (κ2) is 7.31. The Morgan fingerprint density at radius 1 is 0.471 bits per heavy atom. The maximum Gasteiger partial charge on any atom is 0.413 e. The van der Waals surface area contributed by atoms with Crippen LogP contribution in [0.4, 0.5) is 0 Å². The fourth-order valence-electron chi connectivity index (χ4n) is 1.32. The molecule has 0 rings (SSSR count). The normalized spacial score (nSPS) is 13.4. The van der Waals surface area contributed by atoms with Crippen molar-refractivity contribution < 1.29 is 18.9 Å². The highest BCUT2D eigenvalue weighted by Crippen LogP contribution is 2.25. The molecular weight excluding hydrogens is 220 g/mol. The zero-order valence-electron chi connectivity index (χ0n) is 12.4. The Bertz CT molecular complexity index is 154. The number of rotatable bonds is 8. The van der Waals surface area contributed by atoms with Gasteiger partial charge in [-0.15, -0.1) is 0 Å². The summed E-state index contributed by atoms with van der Waals surface area (Å²) in [5.74, 6) is 0. The van der Waals surface area contributed by atoms with Crippen LogP contribution in [-0.4, -0.2) is 30.6 Å². The molecule has 17 heavy (non-hydrogen) atoms. The van der Waals surface area contributed by atoms with Gasteiger partial charge in [0.1, 0.15) is 0 Å². The fourth-order valence-corrected chi connectivity index (χ4v) is 1.32. The largest absolute Gasteiger partial charge is 0.413 e. The van der Waals surface area contributed by atoms with Gasteiger partial charge < -0.3 is 18.9 Å². The van der Waals surface area contributed by atoms with Gasteiger partial charge in [0.15, 0.2) is 0 Å². The van der Waals surface area contributed by atoms with Crippen molar-refractivity contribution in [3.8, 4) is 0 Å². The molecule has 0 saturated carbocycles. The number of ether oxygens (including phenoxy) is 4. The van der Waals surface area contributed by atoms with Crippen molar-refractivity contribution in [1.82, 2.24) is 0 Å². The van der Waals surface area contributed by atoms with Crippen LogP contribution in [0.3, 0.4) is 0 Å². The molecule has 0 spiro atoms. The second-order valence-electron chi connectivity index (χ2n) is 5.17. The molecule has 4 nitrogen and oxygen atoms in total. The Kier molecular flexibility index (Phi) is 7.24. The van der Waals surface area contributed by atoms with E-state index in [2.05, 4.69) is 0 Å². The van der Waals surface area contributed by atoms with E-state index < -0.39 is 6.16 Å². The van der Waals surface area contributed by atoms with E-state index in [0.29, 0.717) is 0 Å². The molecule has 0 aromatic carbocycles. The fraction of sp³-hybridized carbons (Fsp3) is 1.00. The Labute approximate surface area is 106 Å². The van der Waals surface area contributed by atoms with Crippen LogP contribution in [0.15, 0.2) is 0 Å². The quantitative estimate of drug-likeness (QED) is 0.618. The van der Waals surface area contributed by atoms with Gasteiger partial charge in [-0.1, -0.05) is 0 Å². The van der Waals surface area contributed by atoms with E-state index in [1.807, 2.05) is 55.4 Å². The lowest BCUT2D eigenvalue weighted by Gasteiger charge is -2.37. The number of hydrogen-bond donors (Lipinski definition) is 0. The molecule has 0 radical (unpaired) electrons. The van der Waals surface area contributed by atoms with Crippen molar-refractivity contribution >= 4 is 0 Å². The average molecular weight is 248 g/mol. The first-order valence-electron chi connectivity index (χ1n) is 6.38. The van der Waals surface area contributed by atoms with Gasteiger partial charge in [0.05, 0.1) is 24.4 Å². The molecule has 0 unspecified atom stereocenters. The van der Waals surface area contributed by atoms with E-state index in [9.17, 15) is 0 Å². The van der Waals surface area contributed by atoms with Crippen LogP contribution in [0.1, 0.15) is 55.4 Å². The van der Waals surface area contributed by atoms with Crippen molar-refractivity contribution in [2.75, 3.05) is 0 Å². The van der Waals surface area contributed by atoms with E-state index in [1.165, 1.54) is 0 Å². The Balaban J connectivity index is 4.89. The van der Waals surface area contributed by atoms with Crippen molar-refractivity contribution in [3.63, 3.8) is 0 Å². The summed E-state index contributed by atoms with van der Waals surface area (Å²) in [6.45, 7) is 15.4. The molecule has 104 valence electrons. The topological polar surface area (TPSA) is 36.9 Å². The minimum Gasteiger partial charge on any atom is -0.300 e. The van der Waals surface area contributed by atoms with Crippen molar-refractivity contribution in [2.45, 2.75) is 86.0 Å². The summed E-state index contributed by atoms with van der Waals surface area (Å²) >= 11 is 0. The Morgan fingerprint density at radius 2 is 0.647 bits per heavy atom. The summed E-state index contributed by atoms with van der Waals surface area (Å²) in [5.41, 5.74) is 0. The van der Waals surface area contributed by atoms with Gasteiger partial charge in [-0.3, -0.25) is 0 Å². The minimum atomic E-state index is -1.41. The summed E-state index contributed by atoms with van der Waals surface area (Å²) in [6.07, 6.45) is -1.61. The van der Waals surface area contributed by atoms with Crippen molar-refractivity contribution in [2.24, 2.45) is 0 Å². The molecule has 0 fully saturated rings. The lowest BCUT2D eigenvalue weighted by Crippen LogP contribution is -2.48. The molecule has 0 N–H and O–H groups in total. The van der Waals surface area contributed by atoms with E-state index in [1.54, 1.807) is 0 Å². The maximum atomic E-state index is 5.70. The third kappa shape index (κ3) is 7.71. The monoisotopic (exact) mass is 248 g/mol. The van der Waals surface area contributed by atoms with E-state index in [-0.39, 0.29) is 24.4 Å². The van der Waals surface area contributed by atoms with Gasteiger partial charge in [-0.05, 0) is 55.4 Å². The lowest BCUT2D eigenvalue weighted by molar-refractivity contribution is -0.525. The molecule has 0 aliphatic carbocycles. The lowest BCUT2D eigenvalue weighted by atomic mass is 10.4. The maximum absolute atomic E-state index is 5.70. The summed E-state index contributed by atoms with van der Waals surface area (Å²) in [5, 5.41) is 0. The van der Waals surface area contributed by atoms with Crippen LogP contribution in [0.2, 0.25) is 0 Å². The molecule has 0 heterocycles. The predicted molar refractivity (Wildman–Crippen MR) is 67.6 cm³/mol. The number of hydrogen-bond acceptors (Lipinski definition) is 4. The molecule has 0 saturated heterocycles. The Hall–Kier alpha value is -0.160. The van der Waals surface area contributed by atoms with Crippen molar-refractivity contribution in [1.29, 1.82) is 0 Å². The van der Waals surface area contributed by atoms with Gasteiger partial charge in [0, 0.05) is 0 Å². The first kappa shape index (κ1) is 16.8. The highest BCUT2D eigenvalue weighted by Gasteiger charge is 2.40. The van der Waals surface area contributed by atoms with E-state index in [0.717, 1.165) is 0 Å². The molecule has 0 aromatic rings. The van der Waals surface area contributed by atoms with Gasteiger partial charge in [0.25, 0.3) is 0 Å². The standard InChI is InChI=1S/C13H28O4/c1-9(2)14-13(15-10(3)4,16-11(5)6)17-12(7)8/h9-12H,1-8H3. The van der Waals surface area contributed by atoms with Gasteiger partial charge in [-0.25, -0.2) is 0 Å². The van der Waals surface area contributed by atoms with Crippen LogP contribution in [0.5, 0.6) is 0 Å². The first-order chi connectivity index (χ1) is 7.67. The van der Waals surface area contributed by atoms with Crippen LogP contribution >= 0.6 is 0 Å². The first-order valence-corrected chi connectivity index (χ1v) is 6.38. The average Bonchev–Trinajstić information content (AvgIpc) is 1.95. The molecule has 0 aliphatic rings. The zero-order chi connectivity index (χ0) is 13.6. The molecular formula is C13H28O4. The summed E-state index contributed by atoms with van der Waals surface area (Å²) in [6, 6.07) is 0. The molecule has 0 amide bonds. The second-order valence-corrected chi connectivity index (χ2v) is 5.17. The summed E-state index contributed by atoms with van der Waals surface area (Å²) in [4.78, 5) is 0. The minimum absolute atomic E-state index is 0.0498. The molecule has 0 atom stereocenters. The highest BCUT2D eigenvalue weighted by molar-refractivity contribution is 4.54. The molecule has 0 aromatic heterocycles. The van der Waals surface area contributed by atoms with Crippen LogP contribution in [-0.2, 0) is 18.9 Å². The van der Waals surface area contributed by atoms with Crippen molar-refractivity contribution in [3.05, 3.63) is 0 Å². The molecule has 0 aliphatic heterocycles. The van der Waals surface area contributed by atoms with Gasteiger partial charge in [0.2, 0.25) is 0 Å². The molecule has 4 heteroatoms. The smallest absolute Gasteiger partial charge is 0.300 e. The zero-order valence-corrected chi connectivity index (χ0v) is 12.4. The van der Waals surface area contributed by atoms with E-state index in [4.69, 9.17) is 18.9 Å².